The fourth-order valence-corrected chi connectivity index (χ4v) is 3.79. The lowest BCUT2D eigenvalue weighted by atomic mass is 10.2. The normalized spacial score (nSPS) is 13.8. The topological polar surface area (TPSA) is 79.3 Å². The smallest absolute Gasteiger partial charge is 0.267 e. The Bertz CT molecular complexity index is 989. The molecular weight excluding hydrogens is 362 g/mol. The minimum Gasteiger partial charge on any atom is -0.267 e. The fraction of sp³-hybridized carbons (Fsp3) is 0.211. The number of thiazole rings is 1. The molecule has 27 heavy (non-hydrogen) atoms. The third-order valence-corrected chi connectivity index (χ3v) is 5.26. The number of carbonyl (C=O) groups is 2. The van der Waals surface area contributed by atoms with Gasteiger partial charge >= 0.3 is 0 Å². The molecule has 0 radical (unpaired) electrons. The minimum absolute atomic E-state index is 0.214. The van der Waals surface area contributed by atoms with Gasteiger partial charge in [0, 0.05) is 42.6 Å². The molecule has 0 bridgehead atoms. The van der Waals surface area contributed by atoms with Gasteiger partial charge in [-0.25, -0.2) is 15.0 Å². The molecule has 1 aliphatic heterocycles. The van der Waals surface area contributed by atoms with E-state index in [0.717, 1.165) is 17.0 Å². The standard InChI is InChI=1S/C19H17N5O2S/c1-13-15(6-3-8-21-13)18(25)23-9-4-10-24(23)19(26)16-12-27-17(22-16)14-5-2-7-20-11-14/h2-3,5-8,11-12H,4,9-10H2,1H3. The van der Waals surface area contributed by atoms with Crippen LogP contribution in [0.2, 0.25) is 0 Å². The van der Waals surface area contributed by atoms with E-state index in [-0.39, 0.29) is 11.8 Å². The summed E-state index contributed by atoms with van der Waals surface area (Å²) in [5.41, 5.74) is 2.35. The Morgan fingerprint density at radius 1 is 1.07 bits per heavy atom. The van der Waals surface area contributed by atoms with Gasteiger partial charge in [-0.1, -0.05) is 0 Å². The number of aryl methyl sites for hydroxylation is 1. The highest BCUT2D eigenvalue weighted by molar-refractivity contribution is 7.13. The number of hydrogen-bond donors (Lipinski definition) is 0. The highest BCUT2D eigenvalue weighted by Gasteiger charge is 2.33. The maximum Gasteiger partial charge on any atom is 0.291 e. The van der Waals surface area contributed by atoms with Crippen LogP contribution in [0.1, 0.15) is 33.0 Å². The lowest BCUT2D eigenvalue weighted by Crippen LogP contribution is -2.45. The van der Waals surface area contributed by atoms with Gasteiger partial charge in [-0.2, -0.15) is 0 Å². The summed E-state index contributed by atoms with van der Waals surface area (Å²) in [6.07, 6.45) is 5.78. The van der Waals surface area contributed by atoms with Crippen LogP contribution < -0.4 is 0 Å². The number of pyridine rings is 2. The van der Waals surface area contributed by atoms with E-state index in [4.69, 9.17) is 0 Å². The van der Waals surface area contributed by atoms with Gasteiger partial charge in [0.1, 0.15) is 10.7 Å². The number of aromatic nitrogens is 3. The lowest BCUT2D eigenvalue weighted by Gasteiger charge is -2.27. The van der Waals surface area contributed by atoms with Crippen LogP contribution in [0, 0.1) is 6.92 Å². The lowest BCUT2D eigenvalue weighted by molar-refractivity contribution is 0.0182. The van der Waals surface area contributed by atoms with Gasteiger partial charge in [-0.15, -0.1) is 11.3 Å². The van der Waals surface area contributed by atoms with Crippen LogP contribution >= 0.6 is 11.3 Å². The van der Waals surface area contributed by atoms with Crippen LogP contribution in [0.4, 0.5) is 0 Å². The molecule has 1 fully saturated rings. The number of nitrogens with zero attached hydrogens (tertiary/aromatic N) is 5. The van der Waals surface area contributed by atoms with Gasteiger partial charge in [0.15, 0.2) is 0 Å². The van der Waals surface area contributed by atoms with E-state index < -0.39 is 0 Å². The summed E-state index contributed by atoms with van der Waals surface area (Å²) in [6.45, 7) is 2.78. The number of amides is 2. The fourth-order valence-electron chi connectivity index (χ4n) is 3.01. The van der Waals surface area contributed by atoms with Crippen LogP contribution in [0.25, 0.3) is 10.6 Å². The second-order valence-electron chi connectivity index (χ2n) is 6.13. The van der Waals surface area contributed by atoms with Crippen molar-refractivity contribution in [2.24, 2.45) is 0 Å². The summed E-state index contributed by atoms with van der Waals surface area (Å²) in [4.78, 5) is 38.6. The van der Waals surface area contributed by atoms with Gasteiger partial charge in [0.25, 0.3) is 11.8 Å². The van der Waals surface area contributed by atoms with Crippen LogP contribution in [-0.4, -0.2) is 49.9 Å². The van der Waals surface area contributed by atoms with Crippen molar-refractivity contribution in [2.75, 3.05) is 13.1 Å². The molecule has 4 heterocycles. The largest absolute Gasteiger partial charge is 0.291 e. The number of rotatable bonds is 3. The maximum absolute atomic E-state index is 13.0. The third-order valence-electron chi connectivity index (χ3n) is 4.37. The first-order valence-electron chi connectivity index (χ1n) is 8.56. The Balaban J connectivity index is 1.57. The van der Waals surface area contributed by atoms with Gasteiger partial charge in [0.05, 0.1) is 11.3 Å². The third kappa shape index (κ3) is 3.31. The molecule has 7 nitrogen and oxygen atoms in total. The van der Waals surface area contributed by atoms with Crippen molar-refractivity contribution in [3.05, 3.63) is 65.2 Å². The maximum atomic E-state index is 13.0. The summed E-state index contributed by atoms with van der Waals surface area (Å²) >= 11 is 1.39. The minimum atomic E-state index is -0.270. The van der Waals surface area contributed by atoms with Crippen LogP contribution in [0.3, 0.4) is 0 Å². The molecule has 3 aromatic heterocycles. The number of carbonyl (C=O) groups excluding carboxylic acids is 2. The Morgan fingerprint density at radius 3 is 2.59 bits per heavy atom. The molecule has 1 aliphatic rings. The first-order valence-corrected chi connectivity index (χ1v) is 9.44. The molecule has 0 aliphatic carbocycles. The van der Waals surface area contributed by atoms with Gasteiger partial charge in [0.2, 0.25) is 0 Å². The molecule has 136 valence electrons. The van der Waals surface area contributed by atoms with Crippen molar-refractivity contribution in [3.8, 4) is 10.6 Å². The highest BCUT2D eigenvalue weighted by atomic mass is 32.1. The van der Waals surface area contributed by atoms with E-state index >= 15 is 0 Å². The first-order chi connectivity index (χ1) is 13.1. The van der Waals surface area contributed by atoms with Gasteiger partial charge < -0.3 is 0 Å². The molecule has 2 amide bonds. The van der Waals surface area contributed by atoms with Crippen LogP contribution in [0.15, 0.2) is 48.2 Å². The van der Waals surface area contributed by atoms with E-state index in [0.29, 0.717) is 30.0 Å². The Morgan fingerprint density at radius 2 is 1.85 bits per heavy atom. The monoisotopic (exact) mass is 379 g/mol. The molecule has 8 heteroatoms. The van der Waals surface area contributed by atoms with E-state index in [1.54, 1.807) is 43.0 Å². The quantitative estimate of drug-likeness (QED) is 0.699. The van der Waals surface area contributed by atoms with Crippen molar-refractivity contribution in [1.29, 1.82) is 0 Å². The average molecular weight is 379 g/mol. The Kier molecular flexibility index (Phi) is 4.64. The summed E-state index contributed by atoms with van der Waals surface area (Å²) < 4.78 is 0. The molecule has 0 spiro atoms. The first kappa shape index (κ1) is 17.3. The molecule has 0 unspecified atom stereocenters. The molecule has 0 aromatic carbocycles. The average Bonchev–Trinajstić information content (AvgIpc) is 3.38. The predicted octanol–water partition coefficient (Wildman–Crippen LogP) is 2.81. The van der Waals surface area contributed by atoms with Crippen LogP contribution in [0.5, 0.6) is 0 Å². The highest BCUT2D eigenvalue weighted by Crippen LogP contribution is 2.25. The zero-order valence-corrected chi connectivity index (χ0v) is 15.5. The zero-order valence-electron chi connectivity index (χ0n) is 14.7. The van der Waals surface area contributed by atoms with E-state index in [1.165, 1.54) is 21.4 Å². The second-order valence-corrected chi connectivity index (χ2v) is 6.98. The molecule has 4 rings (SSSR count). The molecule has 0 N–H and O–H groups in total. The van der Waals surface area contributed by atoms with E-state index in [2.05, 4.69) is 15.0 Å². The SMILES string of the molecule is Cc1ncccc1C(=O)N1CCCN1C(=O)c1csc(-c2cccnc2)n1. The molecule has 1 saturated heterocycles. The van der Waals surface area contributed by atoms with E-state index in [9.17, 15) is 9.59 Å². The summed E-state index contributed by atoms with van der Waals surface area (Å²) in [5, 5.41) is 5.43. The van der Waals surface area contributed by atoms with Crippen molar-refractivity contribution >= 4 is 23.2 Å². The number of hydrogen-bond acceptors (Lipinski definition) is 6. The van der Waals surface area contributed by atoms with Crippen LogP contribution in [-0.2, 0) is 0 Å². The predicted molar refractivity (Wildman–Crippen MR) is 101 cm³/mol. The van der Waals surface area contributed by atoms with Crippen molar-refractivity contribution in [2.45, 2.75) is 13.3 Å². The van der Waals surface area contributed by atoms with Gasteiger partial charge in [-0.3, -0.25) is 19.6 Å². The van der Waals surface area contributed by atoms with Crippen molar-refractivity contribution < 1.29 is 9.59 Å². The summed E-state index contributed by atoms with van der Waals surface area (Å²) in [7, 11) is 0. The molecule has 0 atom stereocenters. The summed E-state index contributed by atoms with van der Waals surface area (Å²) in [6, 6.07) is 7.18. The number of hydrazine groups is 1. The molecule has 3 aromatic rings. The van der Waals surface area contributed by atoms with Crippen molar-refractivity contribution in [1.82, 2.24) is 25.0 Å². The molecular formula is C19H17N5O2S. The van der Waals surface area contributed by atoms with Crippen molar-refractivity contribution in [3.63, 3.8) is 0 Å². The van der Waals surface area contributed by atoms with Gasteiger partial charge in [-0.05, 0) is 37.6 Å². The van der Waals surface area contributed by atoms with E-state index in [1.807, 2.05) is 12.1 Å². The second kappa shape index (κ2) is 7.24. The molecule has 0 saturated carbocycles. The Hall–Kier alpha value is -3.13. The Labute approximate surface area is 160 Å². The zero-order chi connectivity index (χ0) is 18.8. The summed E-state index contributed by atoms with van der Waals surface area (Å²) in [5.74, 6) is -0.483.